The Morgan fingerprint density at radius 1 is 1.48 bits per heavy atom. The van der Waals surface area contributed by atoms with E-state index >= 15 is 0 Å². The molecule has 0 spiro atoms. The van der Waals surface area contributed by atoms with Crippen molar-refractivity contribution in [2.24, 2.45) is 5.92 Å². The second-order valence-electron chi connectivity index (χ2n) is 5.79. The van der Waals surface area contributed by atoms with Crippen LogP contribution in [-0.4, -0.2) is 52.4 Å². The fourth-order valence-electron chi connectivity index (χ4n) is 2.88. The molecule has 2 aromatic rings. The van der Waals surface area contributed by atoms with Crippen LogP contribution in [0.25, 0.3) is 0 Å². The van der Waals surface area contributed by atoms with Gasteiger partial charge in [-0.2, -0.15) is 0 Å². The van der Waals surface area contributed by atoms with Gasteiger partial charge in [0.2, 0.25) is 0 Å². The van der Waals surface area contributed by atoms with Crippen molar-refractivity contribution in [2.75, 3.05) is 27.2 Å². The highest BCUT2D eigenvalue weighted by molar-refractivity contribution is 5.91. The lowest BCUT2D eigenvalue weighted by atomic mass is 10.1. The van der Waals surface area contributed by atoms with Crippen molar-refractivity contribution in [1.29, 1.82) is 0 Å². The number of carbonyl (C=O) groups excluding carboxylic acids is 1. The molecule has 0 aliphatic carbocycles. The summed E-state index contributed by atoms with van der Waals surface area (Å²) in [6.45, 7) is 3.05. The largest absolute Gasteiger partial charge is 0.459 e. The first kappa shape index (κ1) is 13.9. The number of amides is 1. The summed E-state index contributed by atoms with van der Waals surface area (Å²) in [5.41, 5.74) is 0. The SMILES string of the molecule is CN(C)C[C@H]1CN(C(=O)c2ccco2)Cc2nccn2C1. The van der Waals surface area contributed by atoms with E-state index in [1.54, 1.807) is 18.3 Å². The number of hydrogen-bond donors (Lipinski definition) is 0. The molecular weight excluding hydrogens is 268 g/mol. The zero-order valence-electron chi connectivity index (χ0n) is 12.4. The predicted octanol–water partition coefficient (Wildman–Crippen LogP) is 1.31. The average molecular weight is 288 g/mol. The van der Waals surface area contributed by atoms with Gasteiger partial charge in [-0.1, -0.05) is 0 Å². The summed E-state index contributed by atoms with van der Waals surface area (Å²) in [4.78, 5) is 20.9. The van der Waals surface area contributed by atoms with Crippen LogP contribution in [0.15, 0.2) is 35.2 Å². The number of nitrogens with zero attached hydrogens (tertiary/aromatic N) is 4. The summed E-state index contributed by atoms with van der Waals surface area (Å²) in [7, 11) is 4.11. The van der Waals surface area contributed by atoms with Gasteiger partial charge in [0.25, 0.3) is 5.91 Å². The van der Waals surface area contributed by atoms with Gasteiger partial charge >= 0.3 is 0 Å². The van der Waals surface area contributed by atoms with Crippen LogP contribution >= 0.6 is 0 Å². The number of imidazole rings is 1. The molecule has 6 heteroatoms. The Bertz CT molecular complexity index is 603. The van der Waals surface area contributed by atoms with Gasteiger partial charge in [0.05, 0.1) is 12.8 Å². The molecule has 3 rings (SSSR count). The van der Waals surface area contributed by atoms with Gasteiger partial charge in [-0.15, -0.1) is 0 Å². The maximum atomic E-state index is 12.6. The number of aromatic nitrogens is 2. The fraction of sp³-hybridized carbons (Fsp3) is 0.467. The summed E-state index contributed by atoms with van der Waals surface area (Å²) in [5, 5.41) is 0. The van der Waals surface area contributed by atoms with E-state index in [-0.39, 0.29) is 5.91 Å². The fourth-order valence-corrected chi connectivity index (χ4v) is 2.88. The quantitative estimate of drug-likeness (QED) is 0.854. The molecule has 1 amide bonds. The Morgan fingerprint density at radius 3 is 3.05 bits per heavy atom. The Balaban J connectivity index is 1.84. The van der Waals surface area contributed by atoms with Crippen molar-refractivity contribution in [3.05, 3.63) is 42.4 Å². The Kier molecular flexibility index (Phi) is 3.79. The highest BCUT2D eigenvalue weighted by Crippen LogP contribution is 2.18. The van der Waals surface area contributed by atoms with Crippen LogP contribution in [0.3, 0.4) is 0 Å². The number of rotatable bonds is 3. The van der Waals surface area contributed by atoms with Gasteiger partial charge in [0, 0.05) is 37.9 Å². The molecule has 1 aliphatic heterocycles. The highest BCUT2D eigenvalue weighted by Gasteiger charge is 2.27. The predicted molar refractivity (Wildman–Crippen MR) is 77.7 cm³/mol. The maximum Gasteiger partial charge on any atom is 0.289 e. The van der Waals surface area contributed by atoms with Crippen LogP contribution < -0.4 is 0 Å². The normalized spacial score (nSPS) is 18.6. The minimum absolute atomic E-state index is 0.0693. The molecule has 0 radical (unpaired) electrons. The second-order valence-corrected chi connectivity index (χ2v) is 5.79. The van der Waals surface area contributed by atoms with E-state index in [2.05, 4.69) is 28.5 Å². The third-order valence-electron chi connectivity index (χ3n) is 3.71. The van der Waals surface area contributed by atoms with Crippen LogP contribution in [-0.2, 0) is 13.1 Å². The Labute approximate surface area is 124 Å². The first-order valence-corrected chi connectivity index (χ1v) is 7.11. The molecule has 112 valence electrons. The topological polar surface area (TPSA) is 54.5 Å². The van der Waals surface area contributed by atoms with Gasteiger partial charge in [-0.3, -0.25) is 4.79 Å². The lowest BCUT2D eigenvalue weighted by molar-refractivity contribution is 0.0678. The van der Waals surface area contributed by atoms with Crippen molar-refractivity contribution in [1.82, 2.24) is 19.4 Å². The maximum absolute atomic E-state index is 12.6. The molecule has 2 aromatic heterocycles. The summed E-state index contributed by atoms with van der Waals surface area (Å²) in [5.74, 6) is 1.62. The van der Waals surface area contributed by atoms with Crippen molar-refractivity contribution in [3.8, 4) is 0 Å². The van der Waals surface area contributed by atoms with Crippen LogP contribution in [0.4, 0.5) is 0 Å². The monoisotopic (exact) mass is 288 g/mol. The zero-order valence-corrected chi connectivity index (χ0v) is 12.4. The van der Waals surface area contributed by atoms with Gasteiger partial charge in [-0.25, -0.2) is 4.98 Å². The van der Waals surface area contributed by atoms with Crippen molar-refractivity contribution in [3.63, 3.8) is 0 Å². The second kappa shape index (κ2) is 5.73. The molecular formula is C15H20N4O2. The summed E-state index contributed by atoms with van der Waals surface area (Å²) in [6.07, 6.45) is 5.31. The molecule has 0 fully saturated rings. The number of carbonyl (C=O) groups is 1. The molecule has 0 N–H and O–H groups in total. The Morgan fingerprint density at radius 2 is 2.33 bits per heavy atom. The van der Waals surface area contributed by atoms with E-state index in [9.17, 15) is 4.79 Å². The average Bonchev–Trinajstić information content (AvgIpc) is 3.06. The third kappa shape index (κ3) is 3.00. The van der Waals surface area contributed by atoms with Gasteiger partial charge in [-0.05, 0) is 26.2 Å². The van der Waals surface area contributed by atoms with E-state index in [1.165, 1.54) is 6.26 Å². The molecule has 0 saturated carbocycles. The van der Waals surface area contributed by atoms with Crippen molar-refractivity contribution < 1.29 is 9.21 Å². The highest BCUT2D eigenvalue weighted by atomic mass is 16.3. The minimum atomic E-state index is -0.0693. The number of hydrogen-bond acceptors (Lipinski definition) is 4. The number of fused-ring (bicyclic) bond motifs is 1. The van der Waals surface area contributed by atoms with Crippen LogP contribution in [0.2, 0.25) is 0 Å². The number of furan rings is 1. The lowest BCUT2D eigenvalue weighted by Gasteiger charge is -2.25. The van der Waals surface area contributed by atoms with Crippen LogP contribution in [0.5, 0.6) is 0 Å². The molecule has 6 nitrogen and oxygen atoms in total. The zero-order chi connectivity index (χ0) is 14.8. The standard InChI is InChI=1S/C15H20N4O2/c1-17(2)8-12-9-18-6-5-16-14(18)11-19(10-12)15(20)13-4-3-7-21-13/h3-7,12H,8-11H2,1-2H3/t12-/m1/s1. The lowest BCUT2D eigenvalue weighted by Crippen LogP contribution is -2.37. The van der Waals surface area contributed by atoms with E-state index < -0.39 is 0 Å². The van der Waals surface area contributed by atoms with Crippen LogP contribution in [0.1, 0.15) is 16.4 Å². The summed E-state index contributed by atoms with van der Waals surface area (Å²) >= 11 is 0. The van der Waals surface area contributed by atoms with Crippen LogP contribution in [0, 0.1) is 5.92 Å². The molecule has 3 heterocycles. The first-order valence-electron chi connectivity index (χ1n) is 7.11. The molecule has 0 unspecified atom stereocenters. The van der Waals surface area contributed by atoms with E-state index in [0.717, 1.165) is 18.9 Å². The van der Waals surface area contributed by atoms with Gasteiger partial charge in [0.15, 0.2) is 5.76 Å². The van der Waals surface area contributed by atoms with E-state index in [0.29, 0.717) is 24.8 Å². The van der Waals surface area contributed by atoms with Gasteiger partial charge < -0.3 is 18.8 Å². The first-order chi connectivity index (χ1) is 10.1. The Hall–Kier alpha value is -2.08. The molecule has 1 atom stereocenters. The molecule has 0 saturated heterocycles. The van der Waals surface area contributed by atoms with Crippen molar-refractivity contribution in [2.45, 2.75) is 13.1 Å². The van der Waals surface area contributed by atoms with E-state index in [1.807, 2.05) is 11.1 Å². The van der Waals surface area contributed by atoms with Gasteiger partial charge in [0.1, 0.15) is 5.82 Å². The summed E-state index contributed by atoms with van der Waals surface area (Å²) < 4.78 is 7.39. The van der Waals surface area contributed by atoms with E-state index in [4.69, 9.17) is 4.42 Å². The molecule has 1 aliphatic rings. The smallest absolute Gasteiger partial charge is 0.289 e. The molecule has 0 aromatic carbocycles. The van der Waals surface area contributed by atoms with Crippen molar-refractivity contribution >= 4 is 5.91 Å². The molecule has 0 bridgehead atoms. The summed E-state index contributed by atoms with van der Waals surface area (Å²) in [6, 6.07) is 3.45. The third-order valence-corrected chi connectivity index (χ3v) is 3.71. The minimum Gasteiger partial charge on any atom is -0.459 e. The molecule has 21 heavy (non-hydrogen) atoms.